The minimum absolute atomic E-state index is 0.0539. The summed E-state index contributed by atoms with van der Waals surface area (Å²) in [5.74, 6) is 2.08. The normalized spacial score (nSPS) is 15.9. The van der Waals surface area contributed by atoms with Crippen molar-refractivity contribution in [1.82, 2.24) is 14.9 Å². The van der Waals surface area contributed by atoms with Crippen molar-refractivity contribution >= 4 is 28.6 Å². The third kappa shape index (κ3) is 4.08. The topological polar surface area (TPSA) is 68.5 Å². The maximum Gasteiger partial charge on any atom is 0.289 e. The van der Waals surface area contributed by atoms with Gasteiger partial charge < -0.3 is 14.1 Å². The van der Waals surface area contributed by atoms with Gasteiger partial charge in [-0.25, -0.2) is 9.97 Å². The first kappa shape index (κ1) is 20.6. The summed E-state index contributed by atoms with van der Waals surface area (Å²) in [5, 5.41) is 1.64. The zero-order valence-corrected chi connectivity index (χ0v) is 18.5. The molecule has 0 N–H and O–H groups in total. The summed E-state index contributed by atoms with van der Waals surface area (Å²) in [7, 11) is 1.66. The Hall–Kier alpha value is -3.32. The minimum atomic E-state index is -0.0539. The second kappa shape index (κ2) is 9.04. The van der Waals surface area contributed by atoms with Crippen molar-refractivity contribution in [3.05, 3.63) is 83.9 Å². The van der Waals surface area contributed by atoms with Crippen LogP contribution in [0.2, 0.25) is 0 Å². The van der Waals surface area contributed by atoms with Gasteiger partial charge in [0, 0.05) is 48.1 Å². The molecule has 1 amide bonds. The molecular weight excluding hydrogens is 422 g/mol. The zero-order valence-electron chi connectivity index (χ0n) is 17.7. The number of hydrogen-bond acceptors (Lipinski definition) is 6. The number of amides is 1. The number of aromatic nitrogens is 2. The summed E-state index contributed by atoms with van der Waals surface area (Å²) < 4.78 is 11.3. The van der Waals surface area contributed by atoms with Gasteiger partial charge in [0.15, 0.2) is 10.9 Å². The fourth-order valence-corrected chi connectivity index (χ4v) is 4.98. The van der Waals surface area contributed by atoms with Gasteiger partial charge in [0.05, 0.1) is 7.11 Å². The van der Waals surface area contributed by atoms with Gasteiger partial charge in [-0.15, -0.1) is 0 Å². The van der Waals surface area contributed by atoms with Gasteiger partial charge >= 0.3 is 0 Å². The van der Waals surface area contributed by atoms with Crippen molar-refractivity contribution in [3.8, 4) is 5.75 Å². The van der Waals surface area contributed by atoms with E-state index in [1.54, 1.807) is 25.6 Å². The molecule has 0 aliphatic carbocycles. The van der Waals surface area contributed by atoms with E-state index in [0.29, 0.717) is 35.7 Å². The van der Waals surface area contributed by atoms with Crippen LogP contribution in [-0.2, 0) is 5.75 Å². The number of likely N-dealkylation sites (tertiary alicyclic amines) is 1. The molecule has 7 heteroatoms. The lowest BCUT2D eigenvalue weighted by Gasteiger charge is -2.16. The number of fused-ring (bicyclic) bond motifs is 1. The van der Waals surface area contributed by atoms with Crippen molar-refractivity contribution in [3.63, 3.8) is 0 Å². The number of para-hydroxylation sites is 1. The van der Waals surface area contributed by atoms with E-state index in [1.807, 2.05) is 41.3 Å². The quantitative estimate of drug-likeness (QED) is 0.302. The number of hydrogen-bond donors (Lipinski definition) is 0. The lowest BCUT2D eigenvalue weighted by molar-refractivity contribution is 0.0760. The molecule has 0 saturated carbocycles. The Morgan fingerprint density at radius 1 is 1.12 bits per heavy atom. The molecule has 1 aliphatic rings. The van der Waals surface area contributed by atoms with Crippen molar-refractivity contribution in [2.75, 3.05) is 20.2 Å². The Kier molecular flexibility index (Phi) is 5.81. The van der Waals surface area contributed by atoms with E-state index in [0.717, 1.165) is 28.7 Å². The van der Waals surface area contributed by atoms with E-state index < -0.39 is 0 Å². The van der Waals surface area contributed by atoms with Gasteiger partial charge in [-0.2, -0.15) is 0 Å². The number of furan rings is 1. The Morgan fingerprint density at radius 3 is 2.69 bits per heavy atom. The molecule has 6 nitrogen and oxygen atoms in total. The third-order valence-corrected chi connectivity index (χ3v) is 6.74. The summed E-state index contributed by atoms with van der Waals surface area (Å²) in [5.41, 5.74) is 2.85. The summed E-state index contributed by atoms with van der Waals surface area (Å²) >= 11 is 1.50. The van der Waals surface area contributed by atoms with Crippen LogP contribution in [0.15, 0.2) is 76.6 Å². The molecule has 1 atom stereocenters. The minimum Gasteiger partial charge on any atom is -0.497 e. The highest BCUT2D eigenvalue weighted by molar-refractivity contribution is 7.98. The van der Waals surface area contributed by atoms with Gasteiger partial charge in [-0.3, -0.25) is 4.79 Å². The molecular formula is C25H23N3O3S. The van der Waals surface area contributed by atoms with Crippen LogP contribution in [0.25, 0.3) is 11.0 Å². The molecule has 1 fully saturated rings. The Labute approximate surface area is 190 Å². The summed E-state index contributed by atoms with van der Waals surface area (Å²) in [4.78, 5) is 24.0. The predicted molar refractivity (Wildman–Crippen MR) is 124 cm³/mol. The Balaban J connectivity index is 1.38. The molecule has 162 valence electrons. The first-order valence-electron chi connectivity index (χ1n) is 10.6. The van der Waals surface area contributed by atoms with Crippen LogP contribution in [0.5, 0.6) is 5.75 Å². The van der Waals surface area contributed by atoms with Crippen molar-refractivity contribution in [1.29, 1.82) is 0 Å². The third-order valence-electron chi connectivity index (χ3n) is 5.84. The second-order valence-electron chi connectivity index (χ2n) is 7.74. The number of rotatable bonds is 6. The standard InChI is InChI=1S/C25H23N3O3S/c1-30-19-9-7-17(8-10-19)18-11-14-28(15-18)24(29)23-21(16-32-25-26-12-4-13-27-25)20-5-2-3-6-22(20)31-23/h2-10,12-13,18H,11,14-16H2,1H3. The van der Waals surface area contributed by atoms with Crippen LogP contribution in [0, 0.1) is 0 Å². The number of thioether (sulfide) groups is 1. The maximum atomic E-state index is 13.5. The molecule has 0 spiro atoms. The highest BCUT2D eigenvalue weighted by atomic mass is 32.2. The lowest BCUT2D eigenvalue weighted by atomic mass is 9.98. The van der Waals surface area contributed by atoms with Crippen LogP contribution < -0.4 is 4.74 Å². The first-order chi connectivity index (χ1) is 15.7. The Morgan fingerprint density at radius 2 is 1.91 bits per heavy atom. The van der Waals surface area contributed by atoms with Gasteiger partial charge in [-0.05, 0) is 36.2 Å². The number of benzene rings is 2. The van der Waals surface area contributed by atoms with Crippen LogP contribution in [0.1, 0.15) is 34.0 Å². The molecule has 1 unspecified atom stereocenters. The molecule has 3 heterocycles. The average molecular weight is 446 g/mol. The van der Waals surface area contributed by atoms with Crippen molar-refractivity contribution in [2.24, 2.45) is 0 Å². The molecule has 0 radical (unpaired) electrons. The summed E-state index contributed by atoms with van der Waals surface area (Å²) in [6.45, 7) is 1.39. The number of methoxy groups -OCH3 is 1. The van der Waals surface area contributed by atoms with Crippen molar-refractivity contribution < 1.29 is 13.9 Å². The monoisotopic (exact) mass is 445 g/mol. The van der Waals surface area contributed by atoms with E-state index >= 15 is 0 Å². The van der Waals surface area contributed by atoms with Crippen LogP contribution in [0.4, 0.5) is 0 Å². The molecule has 2 aromatic carbocycles. The second-order valence-corrected chi connectivity index (χ2v) is 8.68. The molecule has 1 aliphatic heterocycles. The van der Waals surface area contributed by atoms with Gasteiger partial charge in [0.2, 0.25) is 0 Å². The van der Waals surface area contributed by atoms with Gasteiger partial charge in [-0.1, -0.05) is 42.1 Å². The smallest absolute Gasteiger partial charge is 0.289 e. The summed E-state index contributed by atoms with van der Waals surface area (Å²) in [6, 6.07) is 17.7. The number of nitrogens with zero attached hydrogens (tertiary/aromatic N) is 3. The van der Waals surface area contributed by atoms with Crippen LogP contribution >= 0.6 is 11.8 Å². The van der Waals surface area contributed by atoms with E-state index in [9.17, 15) is 4.79 Å². The molecule has 32 heavy (non-hydrogen) atoms. The largest absolute Gasteiger partial charge is 0.497 e. The van der Waals surface area contributed by atoms with E-state index in [2.05, 4.69) is 22.1 Å². The fourth-order valence-electron chi connectivity index (χ4n) is 4.15. The molecule has 0 bridgehead atoms. The average Bonchev–Trinajstić information content (AvgIpc) is 3.48. The fraction of sp³-hybridized carbons (Fsp3) is 0.240. The van der Waals surface area contributed by atoms with E-state index in [4.69, 9.17) is 9.15 Å². The number of carbonyl (C=O) groups is 1. The van der Waals surface area contributed by atoms with Crippen molar-refractivity contribution in [2.45, 2.75) is 23.2 Å². The molecule has 2 aromatic heterocycles. The molecule has 5 rings (SSSR count). The maximum absolute atomic E-state index is 13.5. The molecule has 1 saturated heterocycles. The number of ether oxygens (including phenoxy) is 1. The van der Waals surface area contributed by atoms with E-state index in [1.165, 1.54) is 17.3 Å². The Bertz CT molecular complexity index is 1220. The van der Waals surface area contributed by atoms with Crippen LogP contribution in [0.3, 0.4) is 0 Å². The summed E-state index contributed by atoms with van der Waals surface area (Å²) in [6.07, 6.45) is 4.37. The van der Waals surface area contributed by atoms with E-state index in [-0.39, 0.29) is 5.91 Å². The zero-order chi connectivity index (χ0) is 21.9. The van der Waals surface area contributed by atoms with Gasteiger partial charge in [0.25, 0.3) is 5.91 Å². The highest BCUT2D eigenvalue weighted by Gasteiger charge is 2.31. The van der Waals surface area contributed by atoms with Gasteiger partial charge in [0.1, 0.15) is 11.3 Å². The number of carbonyl (C=O) groups excluding carboxylic acids is 1. The van der Waals surface area contributed by atoms with Crippen LogP contribution in [-0.4, -0.2) is 41.0 Å². The predicted octanol–water partition coefficient (Wildman–Crippen LogP) is 5.15. The SMILES string of the molecule is COc1ccc(C2CCN(C(=O)c3oc4ccccc4c3CSc3ncccn3)C2)cc1. The lowest BCUT2D eigenvalue weighted by Crippen LogP contribution is -2.28. The molecule has 4 aromatic rings. The first-order valence-corrected chi connectivity index (χ1v) is 11.5. The highest BCUT2D eigenvalue weighted by Crippen LogP contribution is 2.34.